The van der Waals surface area contributed by atoms with Crippen LogP contribution in [0.2, 0.25) is 0 Å². The van der Waals surface area contributed by atoms with Gasteiger partial charge in [0.1, 0.15) is 0 Å². The SMILES string of the molecule is [B]C(C)(C)c1c(F)c(F)c(C(F)=C(F)F)c(F)c1F. The quantitative estimate of drug-likeness (QED) is 0.433. The third kappa shape index (κ3) is 2.62. The molecule has 0 saturated carbocycles. The van der Waals surface area contributed by atoms with Gasteiger partial charge >= 0.3 is 6.08 Å². The molecule has 0 bridgehead atoms. The standard InChI is InChI=1S/C11H6BF7/c1-11(2,12)4-8(16)5(13)3(6(14)9(4)17)7(15)10(18)19/h1-2H3. The summed E-state index contributed by atoms with van der Waals surface area (Å²) >= 11 is 0. The highest BCUT2D eigenvalue weighted by atomic mass is 19.3. The van der Waals surface area contributed by atoms with Gasteiger partial charge in [0.2, 0.25) is 5.83 Å². The van der Waals surface area contributed by atoms with E-state index >= 15 is 0 Å². The molecule has 0 saturated heterocycles. The molecule has 0 aromatic heterocycles. The molecule has 0 amide bonds. The van der Waals surface area contributed by atoms with E-state index < -0.39 is 51.6 Å². The molecule has 0 atom stereocenters. The number of hydrogen-bond acceptors (Lipinski definition) is 0. The van der Waals surface area contributed by atoms with Crippen molar-refractivity contribution in [1.29, 1.82) is 0 Å². The van der Waals surface area contributed by atoms with Crippen LogP contribution in [-0.4, -0.2) is 7.85 Å². The second kappa shape index (κ2) is 4.90. The zero-order chi connectivity index (χ0) is 15.1. The van der Waals surface area contributed by atoms with Gasteiger partial charge in [-0.3, -0.25) is 0 Å². The molecule has 0 spiro atoms. The van der Waals surface area contributed by atoms with Gasteiger partial charge in [0.05, 0.1) is 13.4 Å². The fraction of sp³-hybridized carbons (Fsp3) is 0.273. The molecule has 0 nitrogen and oxygen atoms in total. The largest absolute Gasteiger partial charge is 0.306 e. The van der Waals surface area contributed by atoms with Gasteiger partial charge in [0, 0.05) is 5.56 Å². The van der Waals surface area contributed by atoms with Crippen molar-refractivity contribution < 1.29 is 30.7 Å². The van der Waals surface area contributed by atoms with Crippen molar-refractivity contribution in [2.24, 2.45) is 0 Å². The van der Waals surface area contributed by atoms with Gasteiger partial charge in [-0.25, -0.2) is 22.0 Å². The highest BCUT2D eigenvalue weighted by Gasteiger charge is 2.33. The highest BCUT2D eigenvalue weighted by Crippen LogP contribution is 2.35. The Balaban J connectivity index is 3.82. The third-order valence-electron chi connectivity index (χ3n) is 2.29. The van der Waals surface area contributed by atoms with E-state index in [0.29, 0.717) is 0 Å². The molecule has 1 aromatic rings. The monoisotopic (exact) mass is 282 g/mol. The third-order valence-corrected chi connectivity index (χ3v) is 2.29. The Hall–Kier alpha value is -1.47. The summed E-state index contributed by atoms with van der Waals surface area (Å²) in [6.07, 6.45) is -3.10. The summed E-state index contributed by atoms with van der Waals surface area (Å²) < 4.78 is 90.7. The highest BCUT2D eigenvalue weighted by molar-refractivity contribution is 6.15. The van der Waals surface area contributed by atoms with Crippen molar-refractivity contribution in [1.82, 2.24) is 0 Å². The first kappa shape index (κ1) is 15.6. The number of hydrogen-bond donors (Lipinski definition) is 0. The van der Waals surface area contributed by atoms with Crippen LogP contribution in [0, 0.1) is 23.3 Å². The molecule has 0 N–H and O–H groups in total. The maximum absolute atomic E-state index is 13.5. The van der Waals surface area contributed by atoms with Gasteiger partial charge in [-0.05, 0) is 5.31 Å². The molecule has 0 fully saturated rings. The summed E-state index contributed by atoms with van der Waals surface area (Å²) in [4.78, 5) is 0. The second-order valence-corrected chi connectivity index (χ2v) is 4.30. The predicted molar refractivity (Wildman–Crippen MR) is 55.3 cm³/mol. The van der Waals surface area contributed by atoms with E-state index in [0.717, 1.165) is 13.8 Å². The summed E-state index contributed by atoms with van der Waals surface area (Å²) in [5.74, 6) is -11.2. The van der Waals surface area contributed by atoms with Crippen LogP contribution in [0.15, 0.2) is 6.08 Å². The lowest BCUT2D eigenvalue weighted by Crippen LogP contribution is -2.23. The van der Waals surface area contributed by atoms with Crippen molar-refractivity contribution >= 4 is 13.7 Å². The predicted octanol–water partition coefficient (Wildman–Crippen LogP) is 4.18. The van der Waals surface area contributed by atoms with Crippen molar-refractivity contribution in [3.05, 3.63) is 40.5 Å². The van der Waals surface area contributed by atoms with Crippen LogP contribution in [-0.2, 0) is 5.31 Å². The smallest absolute Gasteiger partial charge is 0.203 e. The van der Waals surface area contributed by atoms with Crippen LogP contribution < -0.4 is 0 Å². The van der Waals surface area contributed by atoms with Crippen molar-refractivity contribution in [3.8, 4) is 0 Å². The average Bonchev–Trinajstić information content (AvgIpc) is 2.24. The Bertz CT molecular complexity index is 524. The Kier molecular flexibility index (Phi) is 4.02. The molecule has 1 rings (SSSR count). The fourth-order valence-corrected chi connectivity index (χ4v) is 1.48. The van der Waals surface area contributed by atoms with Gasteiger partial charge in [-0.1, -0.05) is 13.8 Å². The van der Waals surface area contributed by atoms with E-state index in [9.17, 15) is 30.7 Å². The number of benzene rings is 1. The summed E-state index contributed by atoms with van der Waals surface area (Å²) in [5.41, 5.74) is -3.29. The zero-order valence-corrected chi connectivity index (χ0v) is 9.72. The fourth-order valence-electron chi connectivity index (χ4n) is 1.48. The first-order valence-corrected chi connectivity index (χ1v) is 4.86. The molecule has 2 radical (unpaired) electrons. The Morgan fingerprint density at radius 3 is 1.47 bits per heavy atom. The lowest BCUT2D eigenvalue weighted by molar-refractivity contribution is 0.396. The second-order valence-electron chi connectivity index (χ2n) is 4.30. The zero-order valence-electron chi connectivity index (χ0n) is 9.72. The van der Waals surface area contributed by atoms with Crippen molar-refractivity contribution in [2.45, 2.75) is 19.2 Å². The molecule has 1 aromatic carbocycles. The normalized spacial score (nSPS) is 11.6. The summed E-state index contributed by atoms with van der Waals surface area (Å²) in [6.45, 7) is 2.07. The number of halogens is 7. The minimum absolute atomic E-state index is 1.04. The Morgan fingerprint density at radius 2 is 1.21 bits per heavy atom. The van der Waals surface area contributed by atoms with Gasteiger partial charge in [-0.2, -0.15) is 8.78 Å². The van der Waals surface area contributed by atoms with Crippen LogP contribution in [0.4, 0.5) is 30.7 Å². The molecule has 102 valence electrons. The number of rotatable bonds is 2. The van der Waals surface area contributed by atoms with Crippen LogP contribution >= 0.6 is 0 Å². The Morgan fingerprint density at radius 1 is 0.842 bits per heavy atom. The van der Waals surface area contributed by atoms with Gasteiger partial charge in [-0.15, -0.1) is 0 Å². The molecule has 0 aliphatic heterocycles. The van der Waals surface area contributed by atoms with Gasteiger partial charge in [0.15, 0.2) is 23.3 Å². The van der Waals surface area contributed by atoms with Crippen LogP contribution in [0.25, 0.3) is 5.83 Å². The van der Waals surface area contributed by atoms with E-state index in [-0.39, 0.29) is 0 Å². The summed E-state index contributed by atoms with van der Waals surface area (Å²) in [5, 5.41) is -1.83. The van der Waals surface area contributed by atoms with E-state index in [4.69, 9.17) is 7.85 Å². The molecule has 0 aliphatic carbocycles. The minimum atomic E-state index is -3.10. The lowest BCUT2D eigenvalue weighted by Gasteiger charge is -2.22. The maximum atomic E-state index is 13.5. The minimum Gasteiger partial charge on any atom is -0.203 e. The maximum Gasteiger partial charge on any atom is 0.306 e. The van der Waals surface area contributed by atoms with E-state index in [2.05, 4.69) is 0 Å². The van der Waals surface area contributed by atoms with Gasteiger partial charge < -0.3 is 0 Å². The Labute approximate surface area is 105 Å². The molecule has 19 heavy (non-hydrogen) atoms. The van der Waals surface area contributed by atoms with E-state index in [1.54, 1.807) is 0 Å². The average molecular weight is 282 g/mol. The van der Waals surface area contributed by atoms with Crippen LogP contribution in [0.1, 0.15) is 25.0 Å². The molecule has 8 heteroatoms. The molecule has 0 unspecified atom stereocenters. The van der Waals surface area contributed by atoms with Gasteiger partial charge in [0.25, 0.3) is 0 Å². The summed E-state index contributed by atoms with van der Waals surface area (Å²) in [7, 11) is 5.31. The van der Waals surface area contributed by atoms with E-state index in [1.165, 1.54) is 0 Å². The molecular formula is C11H6BF7. The topological polar surface area (TPSA) is 0 Å². The first-order valence-electron chi connectivity index (χ1n) is 4.86. The van der Waals surface area contributed by atoms with Crippen LogP contribution in [0.3, 0.4) is 0 Å². The van der Waals surface area contributed by atoms with Crippen molar-refractivity contribution in [3.63, 3.8) is 0 Å². The molecule has 0 heterocycles. The molecular weight excluding hydrogens is 276 g/mol. The first-order chi connectivity index (χ1) is 8.50. The lowest BCUT2D eigenvalue weighted by atomic mass is 9.67. The van der Waals surface area contributed by atoms with Crippen molar-refractivity contribution in [2.75, 3.05) is 0 Å². The molecule has 0 aliphatic rings. The van der Waals surface area contributed by atoms with E-state index in [1.807, 2.05) is 0 Å². The summed E-state index contributed by atoms with van der Waals surface area (Å²) in [6, 6.07) is 0. The van der Waals surface area contributed by atoms with Crippen LogP contribution in [0.5, 0.6) is 0 Å².